The van der Waals surface area contributed by atoms with Gasteiger partial charge < -0.3 is 20.1 Å². The van der Waals surface area contributed by atoms with E-state index in [9.17, 15) is 18.4 Å². The van der Waals surface area contributed by atoms with Gasteiger partial charge in [-0.05, 0) is 35.7 Å². The summed E-state index contributed by atoms with van der Waals surface area (Å²) >= 11 is 0. The molecule has 0 aliphatic rings. The van der Waals surface area contributed by atoms with Crippen LogP contribution in [0, 0.1) is 17.6 Å². The summed E-state index contributed by atoms with van der Waals surface area (Å²) in [5.41, 5.74) is 0.0378. The Bertz CT molecular complexity index is 867. The Morgan fingerprint density at radius 3 is 2.17 bits per heavy atom. The third-order valence-electron chi connectivity index (χ3n) is 4.34. The van der Waals surface area contributed by atoms with Crippen molar-refractivity contribution in [2.75, 3.05) is 14.2 Å². The van der Waals surface area contributed by atoms with Crippen LogP contribution in [0.4, 0.5) is 8.78 Å². The minimum atomic E-state index is -0.990. The Morgan fingerprint density at radius 1 is 1.00 bits per heavy atom. The third kappa shape index (κ3) is 5.43. The van der Waals surface area contributed by atoms with E-state index in [0.717, 1.165) is 23.8 Å². The van der Waals surface area contributed by atoms with Crippen LogP contribution < -0.4 is 20.1 Å². The average molecular weight is 406 g/mol. The number of carbonyl (C=O) groups excluding carboxylic acids is 2. The molecule has 0 spiro atoms. The zero-order valence-corrected chi connectivity index (χ0v) is 16.7. The Kier molecular flexibility index (Phi) is 7.52. The lowest BCUT2D eigenvalue weighted by molar-refractivity contribution is -0.124. The van der Waals surface area contributed by atoms with E-state index in [1.54, 1.807) is 32.0 Å². The molecule has 1 unspecified atom stereocenters. The van der Waals surface area contributed by atoms with Crippen molar-refractivity contribution in [2.24, 2.45) is 5.92 Å². The topological polar surface area (TPSA) is 76.7 Å². The molecule has 2 aromatic rings. The molecule has 2 amide bonds. The van der Waals surface area contributed by atoms with Crippen LogP contribution in [0.5, 0.6) is 11.5 Å². The molecule has 2 rings (SSSR count). The van der Waals surface area contributed by atoms with Crippen LogP contribution in [-0.4, -0.2) is 32.1 Å². The zero-order valence-electron chi connectivity index (χ0n) is 16.7. The molecule has 29 heavy (non-hydrogen) atoms. The summed E-state index contributed by atoms with van der Waals surface area (Å²) < 4.78 is 38.1. The first kappa shape index (κ1) is 22.1. The molecule has 0 saturated heterocycles. The van der Waals surface area contributed by atoms with Gasteiger partial charge in [0.15, 0.2) is 11.5 Å². The van der Waals surface area contributed by atoms with Gasteiger partial charge in [-0.1, -0.05) is 26.0 Å². The minimum Gasteiger partial charge on any atom is -0.493 e. The lowest BCUT2D eigenvalue weighted by Gasteiger charge is -2.22. The summed E-state index contributed by atoms with van der Waals surface area (Å²) in [5.74, 6) is -2.67. The molecule has 156 valence electrons. The fraction of sp³-hybridized carbons (Fsp3) is 0.333. The molecule has 6 nitrogen and oxygen atoms in total. The first-order valence-corrected chi connectivity index (χ1v) is 9.02. The summed E-state index contributed by atoms with van der Waals surface area (Å²) in [6.07, 6.45) is 0. The fourth-order valence-electron chi connectivity index (χ4n) is 2.75. The normalized spacial score (nSPS) is 11.7. The van der Waals surface area contributed by atoms with Gasteiger partial charge in [-0.3, -0.25) is 9.59 Å². The highest BCUT2D eigenvalue weighted by molar-refractivity contribution is 5.98. The predicted octanol–water partition coefficient (Wildman–Crippen LogP) is 3.05. The molecule has 1 atom stereocenters. The van der Waals surface area contributed by atoms with E-state index >= 15 is 0 Å². The zero-order chi connectivity index (χ0) is 21.6. The predicted molar refractivity (Wildman–Crippen MR) is 104 cm³/mol. The van der Waals surface area contributed by atoms with Crippen molar-refractivity contribution in [3.05, 3.63) is 59.2 Å². The lowest BCUT2D eigenvalue weighted by Crippen LogP contribution is -2.49. The van der Waals surface area contributed by atoms with Crippen molar-refractivity contribution in [1.29, 1.82) is 0 Å². The van der Waals surface area contributed by atoms with Gasteiger partial charge in [-0.15, -0.1) is 0 Å². The largest absolute Gasteiger partial charge is 0.493 e. The molecule has 0 bridgehead atoms. The number of nitrogens with one attached hydrogen (secondary N) is 2. The third-order valence-corrected chi connectivity index (χ3v) is 4.34. The van der Waals surface area contributed by atoms with Crippen LogP contribution in [0.3, 0.4) is 0 Å². The van der Waals surface area contributed by atoms with Crippen LogP contribution in [-0.2, 0) is 11.3 Å². The van der Waals surface area contributed by atoms with Gasteiger partial charge in [0.05, 0.1) is 14.2 Å². The number of rotatable bonds is 8. The van der Waals surface area contributed by atoms with Gasteiger partial charge >= 0.3 is 0 Å². The summed E-state index contributed by atoms with van der Waals surface area (Å²) in [7, 11) is 3.03. The number of amides is 2. The molecule has 0 aliphatic heterocycles. The molecule has 0 radical (unpaired) electrons. The molecule has 0 heterocycles. The van der Waals surface area contributed by atoms with Crippen molar-refractivity contribution in [3.63, 3.8) is 0 Å². The fourth-order valence-corrected chi connectivity index (χ4v) is 2.75. The van der Waals surface area contributed by atoms with Crippen molar-refractivity contribution in [3.8, 4) is 11.5 Å². The van der Waals surface area contributed by atoms with E-state index in [0.29, 0.717) is 11.5 Å². The van der Waals surface area contributed by atoms with Crippen LogP contribution in [0.2, 0.25) is 0 Å². The second kappa shape index (κ2) is 9.86. The molecule has 0 saturated carbocycles. The standard InChI is InChI=1S/C21H24F2N2O4/c1-12(2)19(25-20(26)18-14(22)6-5-7-15(18)23)21(27)24-11-13-8-9-16(28-3)17(10-13)29-4/h5-10,12,19H,11H2,1-4H3,(H,24,27)(H,25,26). The Morgan fingerprint density at radius 2 is 1.62 bits per heavy atom. The quantitative estimate of drug-likeness (QED) is 0.707. The highest BCUT2D eigenvalue weighted by Gasteiger charge is 2.27. The average Bonchev–Trinajstić information content (AvgIpc) is 2.69. The summed E-state index contributed by atoms with van der Waals surface area (Å²) in [4.78, 5) is 24.9. The monoisotopic (exact) mass is 406 g/mol. The van der Waals surface area contributed by atoms with Gasteiger partial charge in [0.2, 0.25) is 5.91 Å². The van der Waals surface area contributed by atoms with Crippen molar-refractivity contribution in [1.82, 2.24) is 10.6 Å². The Labute approximate surface area is 168 Å². The van der Waals surface area contributed by atoms with Gasteiger partial charge in [-0.25, -0.2) is 8.78 Å². The van der Waals surface area contributed by atoms with E-state index in [4.69, 9.17) is 9.47 Å². The van der Waals surface area contributed by atoms with E-state index < -0.39 is 35.1 Å². The van der Waals surface area contributed by atoms with Crippen LogP contribution in [0.15, 0.2) is 36.4 Å². The lowest BCUT2D eigenvalue weighted by atomic mass is 10.0. The van der Waals surface area contributed by atoms with Gasteiger partial charge in [0.1, 0.15) is 23.2 Å². The second-order valence-corrected chi connectivity index (χ2v) is 6.70. The van der Waals surface area contributed by atoms with E-state index in [-0.39, 0.29) is 12.5 Å². The molecule has 8 heteroatoms. The van der Waals surface area contributed by atoms with E-state index in [1.807, 2.05) is 0 Å². The number of hydrogen-bond acceptors (Lipinski definition) is 4. The smallest absolute Gasteiger partial charge is 0.257 e. The number of methoxy groups -OCH3 is 2. The highest BCUT2D eigenvalue weighted by atomic mass is 19.1. The molecular formula is C21H24F2N2O4. The first-order valence-electron chi connectivity index (χ1n) is 9.02. The molecule has 0 aromatic heterocycles. The Hall–Kier alpha value is -3.16. The summed E-state index contributed by atoms with van der Waals surface area (Å²) in [5, 5.41) is 5.13. The van der Waals surface area contributed by atoms with Crippen molar-refractivity contribution < 1.29 is 27.8 Å². The maximum absolute atomic E-state index is 13.8. The molecular weight excluding hydrogens is 382 g/mol. The number of carbonyl (C=O) groups is 2. The molecule has 0 aliphatic carbocycles. The molecule has 2 aromatic carbocycles. The number of ether oxygens (including phenoxy) is 2. The first-order chi connectivity index (χ1) is 13.8. The van der Waals surface area contributed by atoms with E-state index in [2.05, 4.69) is 10.6 Å². The maximum Gasteiger partial charge on any atom is 0.257 e. The molecule has 2 N–H and O–H groups in total. The minimum absolute atomic E-state index is 0.173. The van der Waals surface area contributed by atoms with Crippen molar-refractivity contribution >= 4 is 11.8 Å². The van der Waals surface area contributed by atoms with Crippen molar-refractivity contribution in [2.45, 2.75) is 26.4 Å². The summed E-state index contributed by atoms with van der Waals surface area (Å²) in [6.45, 7) is 3.61. The van der Waals surface area contributed by atoms with Crippen LogP contribution in [0.25, 0.3) is 0 Å². The molecule has 0 fully saturated rings. The maximum atomic E-state index is 13.8. The van der Waals surface area contributed by atoms with Crippen LogP contribution in [0.1, 0.15) is 29.8 Å². The van der Waals surface area contributed by atoms with Gasteiger partial charge in [-0.2, -0.15) is 0 Å². The summed E-state index contributed by atoms with van der Waals surface area (Å²) in [6, 6.07) is 7.36. The number of hydrogen-bond donors (Lipinski definition) is 2. The van der Waals surface area contributed by atoms with Gasteiger partial charge in [0, 0.05) is 6.54 Å². The SMILES string of the molecule is COc1ccc(CNC(=O)C(NC(=O)c2c(F)cccc2F)C(C)C)cc1OC. The van der Waals surface area contributed by atoms with E-state index in [1.165, 1.54) is 14.2 Å². The second-order valence-electron chi connectivity index (χ2n) is 6.70. The number of benzene rings is 2. The highest BCUT2D eigenvalue weighted by Crippen LogP contribution is 2.27. The van der Waals surface area contributed by atoms with Crippen LogP contribution >= 0.6 is 0 Å². The Balaban J connectivity index is 2.09. The van der Waals surface area contributed by atoms with Gasteiger partial charge in [0.25, 0.3) is 5.91 Å². The number of halogens is 2.